The smallest absolute Gasteiger partial charge is 0.0577 e. The minimum Gasteiger partial charge on any atom is -0.397 e. The third kappa shape index (κ3) is 3.48. The predicted molar refractivity (Wildman–Crippen MR) is 82.3 cm³/mol. The topological polar surface area (TPSA) is 41.3 Å². The van der Waals surface area contributed by atoms with Crippen molar-refractivity contribution < 1.29 is 0 Å². The Hall–Kier alpha value is -0.490. The van der Waals surface area contributed by atoms with E-state index in [-0.39, 0.29) is 0 Å². The second kappa shape index (κ2) is 5.91. The number of hydrogen-bond acceptors (Lipinski definition) is 3. The molecular weight excluding hydrogens is 325 g/mol. The SMILES string of the molecule is CCN1CCCC(Nc2ccc(I)cc2N)C1. The zero-order valence-corrected chi connectivity index (χ0v) is 12.4. The van der Waals surface area contributed by atoms with Gasteiger partial charge in [-0.25, -0.2) is 0 Å². The molecule has 0 aromatic heterocycles. The molecule has 1 atom stereocenters. The number of rotatable bonds is 3. The second-order valence-corrected chi connectivity index (χ2v) is 5.85. The lowest BCUT2D eigenvalue weighted by Crippen LogP contribution is -2.41. The summed E-state index contributed by atoms with van der Waals surface area (Å²) < 4.78 is 1.18. The average Bonchev–Trinajstić information content (AvgIpc) is 2.33. The van der Waals surface area contributed by atoms with Crippen LogP contribution in [0.2, 0.25) is 0 Å². The molecule has 0 bridgehead atoms. The second-order valence-electron chi connectivity index (χ2n) is 4.61. The highest BCUT2D eigenvalue weighted by Gasteiger charge is 2.18. The molecule has 0 radical (unpaired) electrons. The number of anilines is 2. The van der Waals surface area contributed by atoms with E-state index in [0.29, 0.717) is 6.04 Å². The van der Waals surface area contributed by atoms with Crippen molar-refractivity contribution in [2.75, 3.05) is 30.7 Å². The van der Waals surface area contributed by atoms with Crippen molar-refractivity contribution in [3.8, 4) is 0 Å². The molecule has 1 aliphatic rings. The summed E-state index contributed by atoms with van der Waals surface area (Å²) in [5, 5.41) is 3.57. The lowest BCUT2D eigenvalue weighted by atomic mass is 10.1. The van der Waals surface area contributed by atoms with Crippen LogP contribution in [0.3, 0.4) is 0 Å². The van der Waals surface area contributed by atoms with Gasteiger partial charge in [-0.05, 0) is 66.7 Å². The van der Waals surface area contributed by atoms with Gasteiger partial charge in [0.25, 0.3) is 0 Å². The van der Waals surface area contributed by atoms with Gasteiger partial charge in [0.1, 0.15) is 0 Å². The molecule has 0 spiro atoms. The van der Waals surface area contributed by atoms with Crippen molar-refractivity contribution in [2.45, 2.75) is 25.8 Å². The van der Waals surface area contributed by atoms with Crippen molar-refractivity contribution in [2.24, 2.45) is 0 Å². The van der Waals surface area contributed by atoms with Crippen LogP contribution in [-0.2, 0) is 0 Å². The number of benzene rings is 1. The van der Waals surface area contributed by atoms with Gasteiger partial charge in [-0.2, -0.15) is 0 Å². The minimum absolute atomic E-state index is 0.533. The molecule has 17 heavy (non-hydrogen) atoms. The van der Waals surface area contributed by atoms with Crippen LogP contribution in [0.5, 0.6) is 0 Å². The first kappa shape index (κ1) is 13.0. The van der Waals surface area contributed by atoms with Crippen LogP contribution < -0.4 is 11.1 Å². The Morgan fingerprint density at radius 2 is 2.35 bits per heavy atom. The van der Waals surface area contributed by atoms with Crippen molar-refractivity contribution >= 4 is 34.0 Å². The van der Waals surface area contributed by atoms with Gasteiger partial charge in [-0.1, -0.05) is 6.92 Å². The van der Waals surface area contributed by atoms with E-state index in [1.807, 2.05) is 6.07 Å². The van der Waals surface area contributed by atoms with E-state index in [0.717, 1.165) is 24.5 Å². The van der Waals surface area contributed by atoms with E-state index in [2.05, 4.69) is 51.9 Å². The monoisotopic (exact) mass is 345 g/mol. The van der Waals surface area contributed by atoms with Gasteiger partial charge in [0, 0.05) is 16.2 Å². The summed E-state index contributed by atoms with van der Waals surface area (Å²) >= 11 is 2.29. The summed E-state index contributed by atoms with van der Waals surface area (Å²) in [5.41, 5.74) is 7.95. The van der Waals surface area contributed by atoms with Gasteiger partial charge in [-0.15, -0.1) is 0 Å². The molecule has 1 aromatic carbocycles. The van der Waals surface area contributed by atoms with E-state index < -0.39 is 0 Å². The highest BCUT2D eigenvalue weighted by atomic mass is 127. The number of nitrogens with one attached hydrogen (secondary N) is 1. The van der Waals surface area contributed by atoms with Gasteiger partial charge in [0.05, 0.1) is 11.4 Å². The van der Waals surface area contributed by atoms with Crippen LogP contribution in [0.1, 0.15) is 19.8 Å². The number of nitrogens with two attached hydrogens (primary N) is 1. The lowest BCUT2D eigenvalue weighted by Gasteiger charge is -2.33. The molecule has 1 aliphatic heterocycles. The normalized spacial score (nSPS) is 21.4. The zero-order valence-electron chi connectivity index (χ0n) is 10.2. The standard InChI is InChI=1S/C13H20IN3/c1-2-17-7-3-4-11(9-17)16-13-6-5-10(14)8-12(13)15/h5-6,8,11,16H,2-4,7,9,15H2,1H3. The Morgan fingerprint density at radius 1 is 1.53 bits per heavy atom. The van der Waals surface area contributed by atoms with Gasteiger partial charge in [0.2, 0.25) is 0 Å². The highest BCUT2D eigenvalue weighted by Crippen LogP contribution is 2.23. The highest BCUT2D eigenvalue weighted by molar-refractivity contribution is 14.1. The Bertz CT molecular complexity index is 381. The Labute approximate surface area is 117 Å². The van der Waals surface area contributed by atoms with E-state index >= 15 is 0 Å². The molecular formula is C13H20IN3. The van der Waals surface area contributed by atoms with E-state index in [4.69, 9.17) is 5.73 Å². The predicted octanol–water partition coefficient (Wildman–Crippen LogP) is 2.77. The quantitative estimate of drug-likeness (QED) is 0.654. The first-order valence-corrected chi connectivity index (χ1v) is 7.31. The van der Waals surface area contributed by atoms with Crippen LogP contribution in [0.15, 0.2) is 18.2 Å². The maximum absolute atomic E-state index is 6.02. The molecule has 3 nitrogen and oxygen atoms in total. The molecule has 1 aromatic rings. The fourth-order valence-electron chi connectivity index (χ4n) is 2.35. The van der Waals surface area contributed by atoms with Gasteiger partial charge < -0.3 is 16.0 Å². The van der Waals surface area contributed by atoms with E-state index in [1.165, 1.54) is 23.0 Å². The molecule has 0 saturated carbocycles. The van der Waals surface area contributed by atoms with Crippen molar-refractivity contribution in [3.05, 3.63) is 21.8 Å². The number of nitrogens with zero attached hydrogens (tertiary/aromatic N) is 1. The molecule has 0 amide bonds. The molecule has 3 N–H and O–H groups in total. The largest absolute Gasteiger partial charge is 0.397 e. The zero-order chi connectivity index (χ0) is 12.3. The van der Waals surface area contributed by atoms with E-state index in [1.54, 1.807) is 0 Å². The first-order valence-electron chi connectivity index (χ1n) is 6.23. The Balaban J connectivity index is 2.00. The molecule has 0 aliphatic carbocycles. The number of halogens is 1. The lowest BCUT2D eigenvalue weighted by molar-refractivity contribution is 0.227. The summed E-state index contributed by atoms with van der Waals surface area (Å²) in [6, 6.07) is 6.73. The van der Waals surface area contributed by atoms with Gasteiger partial charge in [0.15, 0.2) is 0 Å². The molecule has 94 valence electrons. The maximum Gasteiger partial charge on any atom is 0.0577 e. The van der Waals surface area contributed by atoms with Gasteiger partial charge in [-0.3, -0.25) is 0 Å². The summed E-state index contributed by atoms with van der Waals surface area (Å²) in [4.78, 5) is 2.49. The third-order valence-corrected chi connectivity index (χ3v) is 4.00. The van der Waals surface area contributed by atoms with Crippen LogP contribution in [0, 0.1) is 3.57 Å². The van der Waals surface area contributed by atoms with Gasteiger partial charge >= 0.3 is 0 Å². The number of hydrogen-bond donors (Lipinski definition) is 2. The summed E-state index contributed by atoms with van der Waals surface area (Å²) in [5.74, 6) is 0. The molecule has 1 unspecified atom stereocenters. The Morgan fingerprint density at radius 3 is 3.06 bits per heavy atom. The minimum atomic E-state index is 0.533. The number of likely N-dealkylation sites (N-methyl/N-ethyl adjacent to an activating group) is 1. The molecule has 2 rings (SSSR count). The molecule has 1 fully saturated rings. The van der Waals surface area contributed by atoms with Crippen molar-refractivity contribution in [3.63, 3.8) is 0 Å². The summed E-state index contributed by atoms with van der Waals surface area (Å²) in [6.07, 6.45) is 2.51. The van der Waals surface area contributed by atoms with Crippen molar-refractivity contribution in [1.29, 1.82) is 0 Å². The fraction of sp³-hybridized carbons (Fsp3) is 0.538. The van der Waals surface area contributed by atoms with Crippen LogP contribution in [-0.4, -0.2) is 30.6 Å². The third-order valence-electron chi connectivity index (χ3n) is 3.33. The first-order chi connectivity index (χ1) is 8.19. The average molecular weight is 345 g/mol. The number of nitrogen functional groups attached to an aromatic ring is 1. The number of piperidine rings is 1. The van der Waals surface area contributed by atoms with Crippen LogP contribution in [0.25, 0.3) is 0 Å². The molecule has 1 saturated heterocycles. The fourth-order valence-corrected chi connectivity index (χ4v) is 2.86. The summed E-state index contributed by atoms with van der Waals surface area (Å²) in [6.45, 7) is 5.72. The van der Waals surface area contributed by atoms with Crippen LogP contribution in [0.4, 0.5) is 11.4 Å². The Kier molecular flexibility index (Phi) is 4.50. The maximum atomic E-state index is 6.02. The molecule has 4 heteroatoms. The van der Waals surface area contributed by atoms with Crippen molar-refractivity contribution in [1.82, 2.24) is 4.90 Å². The molecule has 1 heterocycles. The van der Waals surface area contributed by atoms with Crippen LogP contribution >= 0.6 is 22.6 Å². The number of likely N-dealkylation sites (tertiary alicyclic amines) is 1. The van der Waals surface area contributed by atoms with E-state index in [9.17, 15) is 0 Å². The summed E-state index contributed by atoms with van der Waals surface area (Å²) in [7, 11) is 0.